The van der Waals surface area contributed by atoms with Crippen LogP contribution >= 0.6 is 24.0 Å². The smallest absolute Gasteiger partial charge is 0.192 e. The van der Waals surface area contributed by atoms with Crippen molar-refractivity contribution in [2.24, 2.45) is 10.9 Å². The van der Waals surface area contributed by atoms with Crippen LogP contribution in [0.4, 0.5) is 0 Å². The van der Waals surface area contributed by atoms with E-state index in [9.17, 15) is 0 Å². The topological polar surface area (TPSA) is 39.7 Å². The van der Waals surface area contributed by atoms with Crippen molar-refractivity contribution in [1.82, 2.24) is 15.5 Å². The molecule has 22 heavy (non-hydrogen) atoms. The lowest BCUT2D eigenvalue weighted by Crippen LogP contribution is -2.43. The van der Waals surface area contributed by atoms with Gasteiger partial charge in [0.15, 0.2) is 5.96 Å². The lowest BCUT2D eigenvalue weighted by molar-refractivity contribution is 0.166. The van der Waals surface area contributed by atoms with Gasteiger partial charge in [0.25, 0.3) is 0 Å². The van der Waals surface area contributed by atoms with Crippen molar-refractivity contribution < 1.29 is 0 Å². The molecule has 1 aliphatic rings. The summed E-state index contributed by atoms with van der Waals surface area (Å²) in [6.45, 7) is 11.3. The fourth-order valence-corrected chi connectivity index (χ4v) is 2.84. The zero-order valence-electron chi connectivity index (χ0n) is 14.4. The first-order chi connectivity index (χ1) is 10.2. The number of rotatable bonds is 6. The van der Waals surface area contributed by atoms with E-state index in [1.165, 1.54) is 38.8 Å². The molecule has 128 valence electrons. The van der Waals surface area contributed by atoms with Gasteiger partial charge in [-0.25, -0.2) is 0 Å². The second-order valence-electron chi connectivity index (χ2n) is 6.04. The average molecular weight is 420 g/mol. The van der Waals surface area contributed by atoms with E-state index >= 15 is 0 Å². The van der Waals surface area contributed by atoms with Gasteiger partial charge < -0.3 is 10.6 Å². The van der Waals surface area contributed by atoms with Crippen molar-refractivity contribution in [2.75, 3.05) is 32.7 Å². The summed E-state index contributed by atoms with van der Waals surface area (Å²) in [4.78, 5) is 7.37. The van der Waals surface area contributed by atoms with Gasteiger partial charge in [-0.05, 0) is 38.8 Å². The number of hydrogen-bond donors (Lipinski definition) is 2. The third-order valence-electron chi connectivity index (χ3n) is 4.02. The Morgan fingerprint density at radius 1 is 1.18 bits per heavy atom. The van der Waals surface area contributed by atoms with Crippen molar-refractivity contribution in [3.8, 4) is 12.3 Å². The highest BCUT2D eigenvalue weighted by atomic mass is 127. The number of nitrogens with one attached hydrogen (secondary N) is 2. The van der Waals surface area contributed by atoms with Crippen molar-refractivity contribution in [2.45, 2.75) is 52.5 Å². The third kappa shape index (κ3) is 8.23. The van der Waals surface area contributed by atoms with E-state index < -0.39 is 0 Å². The van der Waals surface area contributed by atoms with E-state index in [0.717, 1.165) is 19.0 Å². The van der Waals surface area contributed by atoms with Crippen molar-refractivity contribution in [1.29, 1.82) is 0 Å². The molecule has 1 aliphatic heterocycles. The highest BCUT2D eigenvalue weighted by Crippen LogP contribution is 2.17. The summed E-state index contributed by atoms with van der Waals surface area (Å²) >= 11 is 0. The first-order valence-electron chi connectivity index (χ1n) is 8.38. The van der Waals surface area contributed by atoms with E-state index in [2.05, 4.69) is 42.2 Å². The van der Waals surface area contributed by atoms with E-state index in [4.69, 9.17) is 11.4 Å². The van der Waals surface area contributed by atoms with Gasteiger partial charge in [0, 0.05) is 12.6 Å². The van der Waals surface area contributed by atoms with Crippen LogP contribution in [0.1, 0.15) is 46.5 Å². The van der Waals surface area contributed by atoms with E-state index in [0.29, 0.717) is 18.5 Å². The summed E-state index contributed by atoms with van der Waals surface area (Å²) < 4.78 is 0. The number of guanidine groups is 1. The predicted molar refractivity (Wildman–Crippen MR) is 107 cm³/mol. The minimum absolute atomic E-state index is 0. The van der Waals surface area contributed by atoms with Gasteiger partial charge >= 0.3 is 0 Å². The molecular weight excluding hydrogens is 387 g/mol. The van der Waals surface area contributed by atoms with Crippen LogP contribution in [0, 0.1) is 18.3 Å². The van der Waals surface area contributed by atoms with Gasteiger partial charge in [0.05, 0.1) is 13.1 Å². The highest BCUT2D eigenvalue weighted by molar-refractivity contribution is 14.0. The standard InChI is InChI=1S/C17H32N4.HI/c1-5-11-19-17(18-6-2)20-14-16(15(3)4)21-12-9-7-8-10-13-21;/h1,15-16H,6-14H2,2-4H3,(H2,18,19,20);1H. The number of halogens is 1. The van der Waals surface area contributed by atoms with E-state index in [1.54, 1.807) is 0 Å². The number of likely N-dealkylation sites (tertiary alicyclic amines) is 1. The maximum atomic E-state index is 5.31. The Labute approximate surface area is 153 Å². The molecule has 4 nitrogen and oxygen atoms in total. The third-order valence-corrected chi connectivity index (χ3v) is 4.02. The lowest BCUT2D eigenvalue weighted by Gasteiger charge is -2.32. The Morgan fingerprint density at radius 2 is 1.82 bits per heavy atom. The molecule has 1 unspecified atom stereocenters. The Morgan fingerprint density at radius 3 is 2.32 bits per heavy atom. The molecule has 2 N–H and O–H groups in total. The molecule has 1 heterocycles. The molecule has 1 rings (SSSR count). The van der Waals surface area contributed by atoms with Crippen LogP contribution in [0.2, 0.25) is 0 Å². The second-order valence-corrected chi connectivity index (χ2v) is 6.04. The van der Waals surface area contributed by atoms with Crippen LogP contribution < -0.4 is 10.6 Å². The van der Waals surface area contributed by atoms with E-state index in [-0.39, 0.29) is 24.0 Å². The van der Waals surface area contributed by atoms with Gasteiger partial charge in [-0.3, -0.25) is 9.89 Å². The van der Waals surface area contributed by atoms with Crippen LogP contribution in [0.15, 0.2) is 4.99 Å². The maximum Gasteiger partial charge on any atom is 0.192 e. The summed E-state index contributed by atoms with van der Waals surface area (Å²) in [6.07, 6.45) is 10.7. The molecule has 0 bridgehead atoms. The number of nitrogens with zero attached hydrogens (tertiary/aromatic N) is 2. The summed E-state index contributed by atoms with van der Waals surface area (Å²) in [5.41, 5.74) is 0. The van der Waals surface area contributed by atoms with Crippen molar-refractivity contribution in [3.05, 3.63) is 0 Å². The second kappa shape index (κ2) is 13.0. The molecule has 0 aromatic carbocycles. The largest absolute Gasteiger partial charge is 0.357 e. The predicted octanol–water partition coefficient (Wildman–Crippen LogP) is 2.69. The molecule has 0 aromatic heterocycles. The summed E-state index contributed by atoms with van der Waals surface area (Å²) in [5, 5.41) is 6.42. The molecule has 0 amide bonds. The SMILES string of the molecule is C#CCNC(=NCC(C(C)C)N1CCCCCC1)NCC.I. The van der Waals surface area contributed by atoms with Crippen LogP contribution in [0.3, 0.4) is 0 Å². The summed E-state index contributed by atoms with van der Waals surface area (Å²) in [7, 11) is 0. The Balaban J connectivity index is 0.00000441. The average Bonchev–Trinajstić information content (AvgIpc) is 2.73. The van der Waals surface area contributed by atoms with E-state index in [1.807, 2.05) is 0 Å². The molecule has 1 fully saturated rings. The first kappa shape index (κ1) is 21.5. The molecule has 0 spiro atoms. The zero-order chi connectivity index (χ0) is 15.5. The van der Waals surface area contributed by atoms with Crippen LogP contribution in [-0.2, 0) is 0 Å². The van der Waals surface area contributed by atoms with Gasteiger partial charge in [-0.1, -0.05) is 32.6 Å². The van der Waals surface area contributed by atoms with Gasteiger partial charge in [-0.15, -0.1) is 30.4 Å². The molecule has 0 aromatic rings. The molecule has 0 radical (unpaired) electrons. The Kier molecular flexibility index (Phi) is 12.7. The fourth-order valence-electron chi connectivity index (χ4n) is 2.84. The number of hydrogen-bond acceptors (Lipinski definition) is 2. The maximum absolute atomic E-state index is 5.31. The minimum atomic E-state index is 0. The highest BCUT2D eigenvalue weighted by Gasteiger charge is 2.22. The molecule has 0 saturated carbocycles. The summed E-state index contributed by atoms with van der Waals surface area (Å²) in [5.74, 6) is 4.04. The number of terminal acetylenes is 1. The van der Waals surface area contributed by atoms with Gasteiger partial charge in [0.2, 0.25) is 0 Å². The number of aliphatic imine (C=N–C) groups is 1. The minimum Gasteiger partial charge on any atom is -0.357 e. The lowest BCUT2D eigenvalue weighted by atomic mass is 10.0. The molecule has 1 saturated heterocycles. The van der Waals surface area contributed by atoms with Gasteiger partial charge in [0.1, 0.15) is 0 Å². The van der Waals surface area contributed by atoms with Crippen LogP contribution in [-0.4, -0.2) is 49.6 Å². The quantitative estimate of drug-likeness (QED) is 0.301. The van der Waals surface area contributed by atoms with Crippen molar-refractivity contribution in [3.63, 3.8) is 0 Å². The molecular formula is C17H33IN4. The summed E-state index contributed by atoms with van der Waals surface area (Å²) in [6, 6.07) is 0.518. The monoisotopic (exact) mass is 420 g/mol. The van der Waals surface area contributed by atoms with Crippen LogP contribution in [0.5, 0.6) is 0 Å². The normalized spacial score (nSPS) is 18.0. The van der Waals surface area contributed by atoms with Crippen molar-refractivity contribution >= 4 is 29.9 Å². The molecule has 1 atom stereocenters. The van der Waals surface area contributed by atoms with Gasteiger partial charge in [-0.2, -0.15) is 0 Å². The molecule has 5 heteroatoms. The zero-order valence-corrected chi connectivity index (χ0v) is 16.7. The molecule has 0 aliphatic carbocycles. The Hall–Kier alpha value is -0.480. The fraction of sp³-hybridized carbons (Fsp3) is 0.824. The Bertz CT molecular complexity index is 341. The van der Waals surface area contributed by atoms with Crippen LogP contribution in [0.25, 0.3) is 0 Å². The first-order valence-corrected chi connectivity index (χ1v) is 8.38.